The van der Waals surface area contributed by atoms with Gasteiger partial charge in [0.15, 0.2) is 0 Å². The lowest BCUT2D eigenvalue weighted by atomic mass is 10.1. The zero-order chi connectivity index (χ0) is 23.8. The van der Waals surface area contributed by atoms with Crippen molar-refractivity contribution in [1.82, 2.24) is 4.90 Å². The fourth-order valence-electron chi connectivity index (χ4n) is 3.78. The van der Waals surface area contributed by atoms with Gasteiger partial charge in [0.1, 0.15) is 6.04 Å². The number of carbonyl (C=O) groups is 2. The molecule has 0 aliphatic carbocycles. The predicted molar refractivity (Wildman–Crippen MR) is 117 cm³/mol. The number of carbonyl (C=O) groups excluding carboxylic acids is 2. The van der Waals surface area contributed by atoms with Gasteiger partial charge in [-0.05, 0) is 29.8 Å². The Morgan fingerprint density at radius 2 is 1.73 bits per heavy atom. The molecule has 0 N–H and O–H groups in total. The highest BCUT2D eigenvalue weighted by Gasteiger charge is 2.33. The molecule has 0 aromatic heterocycles. The van der Waals surface area contributed by atoms with Crippen LogP contribution in [0.2, 0.25) is 0 Å². The molecule has 1 saturated heterocycles. The Morgan fingerprint density at radius 3 is 2.36 bits per heavy atom. The first-order chi connectivity index (χ1) is 15.8. The van der Waals surface area contributed by atoms with Crippen LogP contribution in [0.1, 0.15) is 24.0 Å². The van der Waals surface area contributed by atoms with E-state index in [9.17, 15) is 22.8 Å². The predicted octanol–water partition coefficient (Wildman–Crippen LogP) is 3.89. The van der Waals surface area contributed by atoms with E-state index in [4.69, 9.17) is 9.47 Å². The number of halogens is 3. The topological polar surface area (TPSA) is 59.1 Å². The highest BCUT2D eigenvalue weighted by Crippen LogP contribution is 2.31. The molecule has 0 bridgehead atoms. The highest BCUT2D eigenvalue weighted by molar-refractivity contribution is 5.85. The summed E-state index contributed by atoms with van der Waals surface area (Å²) >= 11 is 0. The third-order valence-electron chi connectivity index (χ3n) is 5.58. The second kappa shape index (κ2) is 11.2. The molecule has 9 heteroatoms. The number of esters is 1. The zero-order valence-corrected chi connectivity index (χ0v) is 18.4. The number of rotatable bonds is 8. The number of anilines is 1. The van der Waals surface area contributed by atoms with Crippen molar-refractivity contribution in [3.05, 3.63) is 65.7 Å². The van der Waals surface area contributed by atoms with Gasteiger partial charge in [0.2, 0.25) is 5.91 Å². The lowest BCUT2D eigenvalue weighted by molar-refractivity contribution is -0.153. The Kier molecular flexibility index (Phi) is 8.32. The SMILES string of the molecule is COC(=O)[C@H](CCOCc1ccccc1)N1CCN(c2ccc(C(F)(F)F)cc2)CCC1=O. The minimum atomic E-state index is -4.40. The number of alkyl halides is 3. The Hall–Kier alpha value is -3.07. The molecule has 2 aromatic carbocycles. The van der Waals surface area contributed by atoms with E-state index in [0.29, 0.717) is 25.4 Å². The van der Waals surface area contributed by atoms with Gasteiger partial charge in [0, 0.05) is 44.8 Å². The molecule has 0 saturated carbocycles. The molecule has 1 heterocycles. The van der Waals surface area contributed by atoms with Crippen LogP contribution in [0.25, 0.3) is 0 Å². The number of amides is 1. The van der Waals surface area contributed by atoms with Gasteiger partial charge in [0.25, 0.3) is 0 Å². The fraction of sp³-hybridized carbons (Fsp3) is 0.417. The van der Waals surface area contributed by atoms with Gasteiger partial charge >= 0.3 is 12.1 Å². The number of nitrogens with zero attached hydrogens (tertiary/aromatic N) is 2. The first kappa shape index (κ1) is 24.6. The summed E-state index contributed by atoms with van der Waals surface area (Å²) in [4.78, 5) is 28.6. The zero-order valence-electron chi connectivity index (χ0n) is 18.4. The van der Waals surface area contributed by atoms with E-state index in [-0.39, 0.29) is 31.9 Å². The van der Waals surface area contributed by atoms with Gasteiger partial charge in [-0.15, -0.1) is 0 Å². The van der Waals surface area contributed by atoms with E-state index in [2.05, 4.69) is 0 Å². The van der Waals surface area contributed by atoms with Crippen molar-refractivity contribution in [1.29, 1.82) is 0 Å². The smallest absolute Gasteiger partial charge is 0.416 e. The first-order valence-corrected chi connectivity index (χ1v) is 10.7. The number of methoxy groups -OCH3 is 1. The summed E-state index contributed by atoms with van der Waals surface area (Å²) in [7, 11) is 1.27. The van der Waals surface area contributed by atoms with Crippen LogP contribution >= 0.6 is 0 Å². The lowest BCUT2D eigenvalue weighted by Gasteiger charge is -2.29. The lowest BCUT2D eigenvalue weighted by Crippen LogP contribution is -2.47. The normalized spacial score (nSPS) is 15.8. The van der Waals surface area contributed by atoms with Crippen molar-refractivity contribution in [2.45, 2.75) is 31.7 Å². The molecule has 0 unspecified atom stereocenters. The maximum absolute atomic E-state index is 12.8. The average molecular weight is 464 g/mol. The van der Waals surface area contributed by atoms with Gasteiger partial charge in [-0.1, -0.05) is 30.3 Å². The molecule has 1 fully saturated rings. The van der Waals surface area contributed by atoms with E-state index >= 15 is 0 Å². The molecule has 2 aromatic rings. The summed E-state index contributed by atoms with van der Waals surface area (Å²) in [5.41, 5.74) is 0.878. The van der Waals surface area contributed by atoms with Crippen LogP contribution < -0.4 is 4.90 Å². The van der Waals surface area contributed by atoms with Crippen LogP contribution in [0.5, 0.6) is 0 Å². The third kappa shape index (κ3) is 6.71. The molecule has 0 spiro atoms. The van der Waals surface area contributed by atoms with Gasteiger partial charge in [0.05, 0.1) is 19.3 Å². The van der Waals surface area contributed by atoms with Crippen LogP contribution in [0.3, 0.4) is 0 Å². The monoisotopic (exact) mass is 464 g/mol. The molecule has 0 radical (unpaired) electrons. The van der Waals surface area contributed by atoms with Gasteiger partial charge in [-0.2, -0.15) is 13.2 Å². The summed E-state index contributed by atoms with van der Waals surface area (Å²) in [6.07, 6.45) is -3.98. The molecular formula is C24H27F3N2O4. The number of hydrogen-bond acceptors (Lipinski definition) is 5. The minimum Gasteiger partial charge on any atom is -0.467 e. The highest BCUT2D eigenvalue weighted by atomic mass is 19.4. The summed E-state index contributed by atoms with van der Waals surface area (Å²) in [6.45, 7) is 1.64. The van der Waals surface area contributed by atoms with Crippen LogP contribution in [-0.4, -0.2) is 56.2 Å². The maximum atomic E-state index is 12.8. The standard InChI is InChI=1S/C24H27F3N2O4/c1-32-23(31)21(12-16-33-17-18-5-3-2-4-6-18)29-15-14-28(13-11-22(29)30)20-9-7-19(8-10-20)24(25,26)27/h2-10,21H,11-17H2,1H3/t21-/m0/s1. The van der Waals surface area contributed by atoms with E-state index in [0.717, 1.165) is 17.7 Å². The second-order valence-electron chi connectivity index (χ2n) is 7.73. The molecule has 33 heavy (non-hydrogen) atoms. The van der Waals surface area contributed by atoms with Crippen molar-refractivity contribution in [2.24, 2.45) is 0 Å². The molecule has 3 rings (SSSR count). The van der Waals surface area contributed by atoms with Crippen molar-refractivity contribution < 1.29 is 32.2 Å². The van der Waals surface area contributed by atoms with Gasteiger partial charge in [-0.25, -0.2) is 4.79 Å². The molecular weight excluding hydrogens is 437 g/mol. The minimum absolute atomic E-state index is 0.138. The Labute approximate surface area is 190 Å². The fourth-order valence-corrected chi connectivity index (χ4v) is 3.78. The van der Waals surface area contributed by atoms with Crippen LogP contribution in [-0.2, 0) is 31.8 Å². The van der Waals surface area contributed by atoms with Crippen molar-refractivity contribution in [3.63, 3.8) is 0 Å². The Morgan fingerprint density at radius 1 is 1.03 bits per heavy atom. The van der Waals surface area contributed by atoms with E-state index in [1.807, 2.05) is 35.2 Å². The van der Waals surface area contributed by atoms with E-state index in [1.54, 1.807) is 0 Å². The molecule has 1 aliphatic rings. The maximum Gasteiger partial charge on any atom is 0.416 e. The average Bonchev–Trinajstić information content (AvgIpc) is 3.00. The van der Waals surface area contributed by atoms with Gasteiger partial charge in [-0.3, -0.25) is 4.79 Å². The van der Waals surface area contributed by atoms with Crippen LogP contribution in [0, 0.1) is 0 Å². The summed E-state index contributed by atoms with van der Waals surface area (Å²) in [6, 6.07) is 13.7. The second-order valence-corrected chi connectivity index (χ2v) is 7.73. The molecule has 1 amide bonds. The molecule has 6 nitrogen and oxygen atoms in total. The molecule has 1 aliphatic heterocycles. The molecule has 1 atom stereocenters. The van der Waals surface area contributed by atoms with Crippen LogP contribution in [0.15, 0.2) is 54.6 Å². The number of ether oxygens (including phenoxy) is 2. The number of hydrogen-bond donors (Lipinski definition) is 0. The summed E-state index contributed by atoms with van der Waals surface area (Å²) in [5.74, 6) is -0.725. The van der Waals surface area contributed by atoms with E-state index < -0.39 is 23.8 Å². The first-order valence-electron chi connectivity index (χ1n) is 10.7. The summed E-state index contributed by atoms with van der Waals surface area (Å²) in [5, 5.41) is 0. The van der Waals surface area contributed by atoms with Crippen LogP contribution in [0.4, 0.5) is 18.9 Å². The van der Waals surface area contributed by atoms with E-state index in [1.165, 1.54) is 24.1 Å². The Balaban J connectivity index is 1.61. The van der Waals surface area contributed by atoms with Crippen molar-refractivity contribution in [2.75, 3.05) is 38.3 Å². The largest absolute Gasteiger partial charge is 0.467 e. The third-order valence-corrected chi connectivity index (χ3v) is 5.58. The number of benzene rings is 2. The van der Waals surface area contributed by atoms with Crippen molar-refractivity contribution in [3.8, 4) is 0 Å². The summed E-state index contributed by atoms with van der Waals surface area (Å²) < 4.78 is 49.1. The Bertz CT molecular complexity index is 920. The quantitative estimate of drug-likeness (QED) is 0.438. The van der Waals surface area contributed by atoms with Crippen molar-refractivity contribution >= 4 is 17.6 Å². The van der Waals surface area contributed by atoms with Gasteiger partial charge < -0.3 is 19.3 Å². The molecule has 178 valence electrons.